The lowest BCUT2D eigenvalue weighted by Crippen LogP contribution is -2.52. The molecule has 1 N–H and O–H groups in total. The zero-order valence-corrected chi connectivity index (χ0v) is 14.4. The second kappa shape index (κ2) is 7.65. The lowest BCUT2D eigenvalue weighted by Gasteiger charge is -2.35. The summed E-state index contributed by atoms with van der Waals surface area (Å²) in [6, 6.07) is 6.90. The molecule has 2 heterocycles. The van der Waals surface area contributed by atoms with Gasteiger partial charge in [-0.15, -0.1) is 0 Å². The molecule has 0 bridgehead atoms. The molecule has 0 aromatic heterocycles. The maximum absolute atomic E-state index is 12.7. The SMILES string of the molecule is CC(=O)Nc1cccc(C(=O)N2CCN(C(=O)C3CCCO3)CC2)c1. The first-order valence-corrected chi connectivity index (χ1v) is 8.62. The third-order valence-electron chi connectivity index (χ3n) is 4.51. The summed E-state index contributed by atoms with van der Waals surface area (Å²) in [4.78, 5) is 39.7. The number of carbonyl (C=O) groups excluding carboxylic acids is 3. The van der Waals surface area contributed by atoms with E-state index in [1.807, 2.05) is 0 Å². The molecule has 2 fully saturated rings. The van der Waals surface area contributed by atoms with Crippen molar-refractivity contribution < 1.29 is 19.1 Å². The van der Waals surface area contributed by atoms with Crippen LogP contribution in [0.3, 0.4) is 0 Å². The zero-order valence-electron chi connectivity index (χ0n) is 14.4. The molecule has 2 aliphatic heterocycles. The maximum atomic E-state index is 12.7. The Bertz CT molecular complexity index is 662. The van der Waals surface area contributed by atoms with E-state index in [1.54, 1.807) is 34.1 Å². The van der Waals surface area contributed by atoms with Crippen molar-refractivity contribution in [3.8, 4) is 0 Å². The van der Waals surface area contributed by atoms with Crippen LogP contribution in [0.1, 0.15) is 30.1 Å². The third kappa shape index (κ3) is 4.17. The Morgan fingerprint density at radius 2 is 1.84 bits per heavy atom. The van der Waals surface area contributed by atoms with Gasteiger partial charge in [-0.3, -0.25) is 14.4 Å². The van der Waals surface area contributed by atoms with Crippen molar-refractivity contribution in [2.45, 2.75) is 25.9 Å². The Morgan fingerprint density at radius 1 is 1.12 bits per heavy atom. The Hall–Kier alpha value is -2.41. The van der Waals surface area contributed by atoms with Gasteiger partial charge in [0.05, 0.1) is 0 Å². The second-order valence-electron chi connectivity index (χ2n) is 6.38. The van der Waals surface area contributed by atoms with E-state index < -0.39 is 0 Å². The molecule has 1 unspecified atom stereocenters. The van der Waals surface area contributed by atoms with E-state index in [4.69, 9.17) is 4.74 Å². The predicted molar refractivity (Wildman–Crippen MR) is 92.2 cm³/mol. The molecule has 2 aliphatic rings. The topological polar surface area (TPSA) is 79.0 Å². The minimum absolute atomic E-state index is 0.0391. The Labute approximate surface area is 146 Å². The van der Waals surface area contributed by atoms with Crippen LogP contribution in [-0.2, 0) is 14.3 Å². The van der Waals surface area contributed by atoms with Crippen LogP contribution in [0.5, 0.6) is 0 Å². The van der Waals surface area contributed by atoms with Crippen LogP contribution in [0.15, 0.2) is 24.3 Å². The Kier molecular flexibility index (Phi) is 5.33. The maximum Gasteiger partial charge on any atom is 0.254 e. The van der Waals surface area contributed by atoms with Gasteiger partial charge in [-0.1, -0.05) is 6.07 Å². The second-order valence-corrected chi connectivity index (χ2v) is 6.38. The molecule has 1 aromatic carbocycles. The van der Waals surface area contributed by atoms with Crippen molar-refractivity contribution >= 4 is 23.4 Å². The van der Waals surface area contributed by atoms with Gasteiger partial charge < -0.3 is 19.9 Å². The van der Waals surface area contributed by atoms with Crippen LogP contribution in [0.25, 0.3) is 0 Å². The molecule has 1 atom stereocenters. The highest BCUT2D eigenvalue weighted by Gasteiger charge is 2.31. The Morgan fingerprint density at radius 3 is 2.48 bits per heavy atom. The standard InChI is InChI=1S/C18H23N3O4/c1-13(22)19-15-5-2-4-14(12-15)17(23)20-7-9-21(10-8-20)18(24)16-6-3-11-25-16/h2,4-5,12,16H,3,6-11H2,1H3,(H,19,22). The van der Waals surface area contributed by atoms with Crippen LogP contribution < -0.4 is 5.32 Å². The molecule has 25 heavy (non-hydrogen) atoms. The molecule has 0 aliphatic carbocycles. The first-order chi connectivity index (χ1) is 12.0. The number of benzene rings is 1. The van der Waals surface area contributed by atoms with Gasteiger partial charge in [0, 0.05) is 51.0 Å². The number of nitrogens with zero attached hydrogens (tertiary/aromatic N) is 2. The fourth-order valence-corrected chi connectivity index (χ4v) is 3.22. The van der Waals surface area contributed by atoms with Crippen LogP contribution in [-0.4, -0.2) is 66.4 Å². The van der Waals surface area contributed by atoms with E-state index in [0.717, 1.165) is 12.8 Å². The number of carbonyl (C=O) groups is 3. The Balaban J connectivity index is 1.58. The summed E-state index contributed by atoms with van der Waals surface area (Å²) in [5.41, 5.74) is 1.13. The van der Waals surface area contributed by atoms with E-state index in [-0.39, 0.29) is 23.8 Å². The highest BCUT2D eigenvalue weighted by atomic mass is 16.5. The first-order valence-electron chi connectivity index (χ1n) is 8.62. The monoisotopic (exact) mass is 345 g/mol. The number of anilines is 1. The van der Waals surface area contributed by atoms with E-state index in [2.05, 4.69) is 5.32 Å². The van der Waals surface area contributed by atoms with Gasteiger partial charge in [0.1, 0.15) is 6.10 Å². The lowest BCUT2D eigenvalue weighted by molar-refractivity contribution is -0.142. The average molecular weight is 345 g/mol. The molecule has 1 aromatic rings. The molecule has 3 amide bonds. The van der Waals surface area contributed by atoms with Gasteiger partial charge in [0.15, 0.2) is 0 Å². The normalized spacial score (nSPS) is 20.4. The number of piperazine rings is 1. The molecule has 7 heteroatoms. The van der Waals surface area contributed by atoms with Crippen molar-refractivity contribution in [1.29, 1.82) is 0 Å². The van der Waals surface area contributed by atoms with Gasteiger partial charge in [-0.05, 0) is 31.0 Å². The highest BCUT2D eigenvalue weighted by Crippen LogP contribution is 2.18. The van der Waals surface area contributed by atoms with Crippen LogP contribution in [0, 0.1) is 0 Å². The molecule has 0 radical (unpaired) electrons. The van der Waals surface area contributed by atoms with Gasteiger partial charge in [0.25, 0.3) is 11.8 Å². The van der Waals surface area contributed by atoms with Gasteiger partial charge in [-0.2, -0.15) is 0 Å². The minimum Gasteiger partial charge on any atom is -0.368 e. The number of rotatable bonds is 3. The molecular weight excluding hydrogens is 322 g/mol. The van der Waals surface area contributed by atoms with Crippen LogP contribution in [0.2, 0.25) is 0 Å². The average Bonchev–Trinajstić information content (AvgIpc) is 3.15. The van der Waals surface area contributed by atoms with Crippen molar-refractivity contribution in [3.63, 3.8) is 0 Å². The summed E-state index contributed by atoms with van der Waals surface area (Å²) in [6.45, 7) is 4.13. The number of amides is 3. The minimum atomic E-state index is -0.309. The van der Waals surface area contributed by atoms with Crippen LogP contribution >= 0.6 is 0 Å². The van der Waals surface area contributed by atoms with Crippen molar-refractivity contribution in [3.05, 3.63) is 29.8 Å². The smallest absolute Gasteiger partial charge is 0.254 e. The number of hydrogen-bond acceptors (Lipinski definition) is 4. The molecular formula is C18H23N3O4. The van der Waals surface area contributed by atoms with Gasteiger partial charge in [0.2, 0.25) is 5.91 Å². The molecule has 7 nitrogen and oxygen atoms in total. The molecule has 2 saturated heterocycles. The summed E-state index contributed by atoms with van der Waals surface area (Å²) < 4.78 is 5.45. The summed E-state index contributed by atoms with van der Waals surface area (Å²) in [7, 11) is 0. The van der Waals surface area contributed by atoms with E-state index in [1.165, 1.54) is 6.92 Å². The number of hydrogen-bond donors (Lipinski definition) is 1. The quantitative estimate of drug-likeness (QED) is 0.890. The predicted octanol–water partition coefficient (Wildman–Crippen LogP) is 1.11. The van der Waals surface area contributed by atoms with Crippen molar-refractivity contribution in [2.75, 3.05) is 38.1 Å². The lowest BCUT2D eigenvalue weighted by atomic mass is 10.1. The largest absolute Gasteiger partial charge is 0.368 e. The summed E-state index contributed by atoms with van der Waals surface area (Å²) in [5, 5.41) is 2.68. The van der Waals surface area contributed by atoms with E-state index in [9.17, 15) is 14.4 Å². The van der Waals surface area contributed by atoms with Gasteiger partial charge >= 0.3 is 0 Å². The first kappa shape index (κ1) is 17.4. The zero-order chi connectivity index (χ0) is 17.8. The number of nitrogens with one attached hydrogen (secondary N) is 1. The van der Waals surface area contributed by atoms with E-state index in [0.29, 0.717) is 44.0 Å². The van der Waals surface area contributed by atoms with Gasteiger partial charge in [-0.25, -0.2) is 0 Å². The van der Waals surface area contributed by atoms with Crippen molar-refractivity contribution in [2.24, 2.45) is 0 Å². The summed E-state index contributed by atoms with van der Waals surface area (Å²) >= 11 is 0. The molecule has 0 spiro atoms. The third-order valence-corrected chi connectivity index (χ3v) is 4.51. The highest BCUT2D eigenvalue weighted by molar-refractivity contribution is 5.97. The van der Waals surface area contributed by atoms with Crippen molar-refractivity contribution in [1.82, 2.24) is 9.80 Å². The van der Waals surface area contributed by atoms with Crippen LogP contribution in [0.4, 0.5) is 5.69 Å². The number of ether oxygens (including phenoxy) is 1. The molecule has 0 saturated carbocycles. The summed E-state index contributed by atoms with van der Waals surface area (Å²) in [6.07, 6.45) is 1.41. The molecule has 134 valence electrons. The summed E-state index contributed by atoms with van der Waals surface area (Å²) in [5.74, 6) is -0.223. The fraction of sp³-hybridized carbons (Fsp3) is 0.500. The fourth-order valence-electron chi connectivity index (χ4n) is 3.22. The van der Waals surface area contributed by atoms with E-state index >= 15 is 0 Å². The molecule has 3 rings (SSSR count).